The summed E-state index contributed by atoms with van der Waals surface area (Å²) < 4.78 is 0. The minimum atomic E-state index is 0.161. The van der Waals surface area contributed by atoms with Crippen LogP contribution in [-0.4, -0.2) is 74.5 Å². The molecule has 1 saturated heterocycles. The second-order valence-electron chi connectivity index (χ2n) is 7.46. The molecule has 0 aromatic carbocycles. The van der Waals surface area contributed by atoms with Gasteiger partial charge >= 0.3 is 0 Å². The van der Waals surface area contributed by atoms with Gasteiger partial charge in [0.2, 0.25) is 5.91 Å². The molecule has 1 aliphatic carbocycles. The normalized spacial score (nSPS) is 20.3. The van der Waals surface area contributed by atoms with E-state index in [-0.39, 0.29) is 5.91 Å². The number of carbonyl (C=O) groups excluding carboxylic acids is 1. The number of guanidine groups is 1. The first-order chi connectivity index (χ1) is 12.1. The number of rotatable bonds is 7. The van der Waals surface area contributed by atoms with Crippen molar-refractivity contribution in [1.82, 2.24) is 20.4 Å². The SMILES string of the molecule is CCNC(=NCCN(C)C1CCCC1)N1CCC(CC(=O)NC)CC1. The van der Waals surface area contributed by atoms with Crippen molar-refractivity contribution in [2.24, 2.45) is 10.9 Å². The van der Waals surface area contributed by atoms with Crippen molar-refractivity contribution < 1.29 is 4.79 Å². The van der Waals surface area contributed by atoms with Crippen molar-refractivity contribution in [3.8, 4) is 0 Å². The lowest BCUT2D eigenvalue weighted by Crippen LogP contribution is -2.46. The van der Waals surface area contributed by atoms with Crippen LogP contribution in [0.4, 0.5) is 0 Å². The third kappa shape index (κ3) is 6.49. The molecule has 1 amide bonds. The summed E-state index contributed by atoms with van der Waals surface area (Å²) in [6.07, 6.45) is 8.25. The van der Waals surface area contributed by atoms with Crippen LogP contribution in [0.1, 0.15) is 51.9 Å². The summed E-state index contributed by atoms with van der Waals surface area (Å²) in [5.74, 6) is 1.71. The molecule has 1 saturated carbocycles. The minimum Gasteiger partial charge on any atom is -0.359 e. The maximum Gasteiger partial charge on any atom is 0.220 e. The molecule has 2 fully saturated rings. The number of nitrogens with zero attached hydrogens (tertiary/aromatic N) is 3. The molecule has 0 aromatic heterocycles. The second-order valence-corrected chi connectivity index (χ2v) is 7.46. The van der Waals surface area contributed by atoms with Gasteiger partial charge in [0.25, 0.3) is 0 Å². The van der Waals surface area contributed by atoms with Crippen LogP contribution in [0.2, 0.25) is 0 Å². The fourth-order valence-corrected chi connectivity index (χ4v) is 3.98. The molecule has 6 nitrogen and oxygen atoms in total. The van der Waals surface area contributed by atoms with Gasteiger partial charge in [-0.1, -0.05) is 12.8 Å². The first kappa shape index (κ1) is 20.0. The Bertz CT molecular complexity index is 426. The zero-order chi connectivity index (χ0) is 18.1. The van der Waals surface area contributed by atoms with Gasteiger partial charge in [0, 0.05) is 45.7 Å². The largest absolute Gasteiger partial charge is 0.359 e. The van der Waals surface area contributed by atoms with Crippen LogP contribution in [0.3, 0.4) is 0 Å². The Morgan fingerprint density at radius 2 is 1.88 bits per heavy atom. The number of carbonyl (C=O) groups is 1. The van der Waals surface area contributed by atoms with Crippen LogP contribution in [0.25, 0.3) is 0 Å². The van der Waals surface area contributed by atoms with Crippen molar-refractivity contribution >= 4 is 11.9 Å². The van der Waals surface area contributed by atoms with Gasteiger partial charge in [-0.2, -0.15) is 0 Å². The second kappa shape index (κ2) is 10.6. The predicted octanol–water partition coefficient (Wildman–Crippen LogP) is 1.67. The predicted molar refractivity (Wildman–Crippen MR) is 104 cm³/mol. The van der Waals surface area contributed by atoms with Crippen molar-refractivity contribution in [2.45, 2.75) is 57.9 Å². The monoisotopic (exact) mass is 351 g/mol. The molecule has 0 bridgehead atoms. The number of hydrogen-bond acceptors (Lipinski definition) is 3. The van der Waals surface area contributed by atoms with Gasteiger partial charge in [0.15, 0.2) is 5.96 Å². The smallest absolute Gasteiger partial charge is 0.220 e. The lowest BCUT2D eigenvalue weighted by Gasteiger charge is -2.34. The summed E-state index contributed by atoms with van der Waals surface area (Å²) in [5, 5.41) is 6.18. The highest BCUT2D eigenvalue weighted by atomic mass is 16.1. The van der Waals surface area contributed by atoms with Gasteiger partial charge < -0.3 is 20.4 Å². The lowest BCUT2D eigenvalue weighted by atomic mass is 9.93. The average Bonchev–Trinajstić information content (AvgIpc) is 3.16. The number of aliphatic imine (C=N–C) groups is 1. The van der Waals surface area contributed by atoms with Crippen LogP contribution < -0.4 is 10.6 Å². The Kier molecular flexibility index (Phi) is 8.52. The third-order valence-electron chi connectivity index (χ3n) is 5.66. The van der Waals surface area contributed by atoms with E-state index in [9.17, 15) is 4.79 Å². The topological polar surface area (TPSA) is 60.0 Å². The summed E-state index contributed by atoms with van der Waals surface area (Å²) in [7, 11) is 3.96. The van der Waals surface area contributed by atoms with Crippen LogP contribution in [0.15, 0.2) is 4.99 Å². The highest BCUT2D eigenvalue weighted by molar-refractivity contribution is 5.80. The maximum atomic E-state index is 11.5. The lowest BCUT2D eigenvalue weighted by molar-refractivity contribution is -0.121. The zero-order valence-electron chi connectivity index (χ0n) is 16.4. The highest BCUT2D eigenvalue weighted by Gasteiger charge is 2.23. The molecule has 1 heterocycles. The molecule has 6 heteroatoms. The minimum absolute atomic E-state index is 0.161. The van der Waals surface area contributed by atoms with Crippen molar-refractivity contribution in [2.75, 3.05) is 46.8 Å². The number of amides is 1. The van der Waals surface area contributed by atoms with Gasteiger partial charge in [-0.05, 0) is 45.6 Å². The molecule has 2 N–H and O–H groups in total. The van der Waals surface area contributed by atoms with Gasteiger partial charge in [0.05, 0.1) is 6.54 Å². The molecule has 2 aliphatic rings. The number of nitrogens with one attached hydrogen (secondary N) is 2. The van der Waals surface area contributed by atoms with Gasteiger partial charge in [-0.3, -0.25) is 9.79 Å². The first-order valence-corrected chi connectivity index (χ1v) is 10.1. The fourth-order valence-electron chi connectivity index (χ4n) is 3.98. The van der Waals surface area contributed by atoms with Crippen molar-refractivity contribution in [1.29, 1.82) is 0 Å². The van der Waals surface area contributed by atoms with E-state index in [1.807, 2.05) is 0 Å². The van der Waals surface area contributed by atoms with Crippen LogP contribution in [0.5, 0.6) is 0 Å². The summed E-state index contributed by atoms with van der Waals surface area (Å²) in [4.78, 5) is 21.3. The molecule has 144 valence electrons. The van der Waals surface area contributed by atoms with E-state index in [1.54, 1.807) is 7.05 Å². The Morgan fingerprint density at radius 3 is 2.48 bits per heavy atom. The highest BCUT2D eigenvalue weighted by Crippen LogP contribution is 2.22. The maximum absolute atomic E-state index is 11.5. The summed E-state index contributed by atoms with van der Waals surface area (Å²) >= 11 is 0. The summed E-state index contributed by atoms with van der Waals surface area (Å²) in [6.45, 7) is 6.89. The molecule has 2 rings (SSSR count). The average molecular weight is 352 g/mol. The molecule has 0 radical (unpaired) electrons. The van der Waals surface area contributed by atoms with E-state index >= 15 is 0 Å². The van der Waals surface area contributed by atoms with Crippen molar-refractivity contribution in [3.63, 3.8) is 0 Å². The number of piperidine rings is 1. The van der Waals surface area contributed by atoms with E-state index in [0.717, 1.165) is 57.6 Å². The van der Waals surface area contributed by atoms with Gasteiger partial charge in [-0.25, -0.2) is 0 Å². The third-order valence-corrected chi connectivity index (χ3v) is 5.66. The van der Waals surface area contributed by atoms with E-state index in [1.165, 1.54) is 25.7 Å². The van der Waals surface area contributed by atoms with E-state index in [4.69, 9.17) is 4.99 Å². The Hall–Kier alpha value is -1.30. The molecule has 0 spiro atoms. The summed E-state index contributed by atoms with van der Waals surface area (Å²) in [6, 6.07) is 0.762. The first-order valence-electron chi connectivity index (χ1n) is 10.1. The quantitative estimate of drug-likeness (QED) is 0.541. The molecular formula is C19H37N5O. The van der Waals surface area contributed by atoms with Gasteiger partial charge in [0.1, 0.15) is 0 Å². The Morgan fingerprint density at radius 1 is 1.20 bits per heavy atom. The van der Waals surface area contributed by atoms with Crippen LogP contribution in [0, 0.1) is 5.92 Å². The molecular weight excluding hydrogens is 314 g/mol. The Balaban J connectivity index is 1.78. The molecule has 1 aliphatic heterocycles. The number of likely N-dealkylation sites (tertiary alicyclic amines) is 1. The van der Waals surface area contributed by atoms with E-state index in [0.29, 0.717) is 12.3 Å². The molecule has 25 heavy (non-hydrogen) atoms. The summed E-state index contributed by atoms with van der Waals surface area (Å²) in [5.41, 5.74) is 0. The molecule has 0 atom stereocenters. The van der Waals surface area contributed by atoms with Crippen LogP contribution >= 0.6 is 0 Å². The molecule has 0 unspecified atom stereocenters. The van der Waals surface area contributed by atoms with E-state index < -0.39 is 0 Å². The number of likely N-dealkylation sites (N-methyl/N-ethyl adjacent to an activating group) is 1. The fraction of sp³-hybridized carbons (Fsp3) is 0.895. The van der Waals surface area contributed by atoms with Crippen molar-refractivity contribution in [3.05, 3.63) is 0 Å². The number of hydrogen-bond donors (Lipinski definition) is 2. The Labute approximate surface area is 153 Å². The van der Waals surface area contributed by atoms with E-state index in [2.05, 4.69) is 34.4 Å². The zero-order valence-corrected chi connectivity index (χ0v) is 16.4. The van der Waals surface area contributed by atoms with Gasteiger partial charge in [-0.15, -0.1) is 0 Å². The standard InChI is InChI=1S/C19H37N5O/c1-4-21-19(22-11-14-23(3)17-7-5-6-8-17)24-12-9-16(10-13-24)15-18(25)20-2/h16-17H,4-15H2,1-3H3,(H,20,25)(H,21,22). The van der Waals surface area contributed by atoms with Crippen LogP contribution in [-0.2, 0) is 4.79 Å². The molecule has 0 aromatic rings.